The highest BCUT2D eigenvalue weighted by Crippen LogP contribution is 2.32. The zero-order chi connectivity index (χ0) is 21.2. The van der Waals surface area contributed by atoms with Gasteiger partial charge in [-0.2, -0.15) is 0 Å². The van der Waals surface area contributed by atoms with Crippen molar-refractivity contribution in [3.05, 3.63) is 79.2 Å². The van der Waals surface area contributed by atoms with Gasteiger partial charge in [-0.3, -0.25) is 0 Å². The Morgan fingerprint density at radius 3 is 1.41 bits per heavy atom. The van der Waals surface area contributed by atoms with Crippen molar-refractivity contribution in [2.75, 3.05) is 0 Å². The van der Waals surface area contributed by atoms with Crippen molar-refractivity contribution in [1.29, 1.82) is 0 Å². The second-order valence-electron chi connectivity index (χ2n) is 6.02. The highest BCUT2D eigenvalue weighted by atomic mass is 19.4. The lowest BCUT2D eigenvalue weighted by atomic mass is 9.95. The number of hydrogen-bond acceptors (Lipinski definition) is 2. The van der Waals surface area contributed by atoms with Crippen molar-refractivity contribution in [1.82, 2.24) is 0 Å². The molecule has 151 valence electrons. The molecule has 3 aromatic carbocycles. The number of alkyl halides is 6. The Kier molecular flexibility index (Phi) is 5.46. The highest BCUT2D eigenvalue weighted by Gasteiger charge is 2.31. The lowest BCUT2D eigenvalue weighted by Gasteiger charge is -2.12. The molecule has 0 heterocycles. The van der Waals surface area contributed by atoms with Crippen LogP contribution in [0.2, 0.25) is 0 Å². The van der Waals surface area contributed by atoms with Gasteiger partial charge < -0.3 is 9.47 Å². The van der Waals surface area contributed by atoms with Crippen LogP contribution in [0.15, 0.2) is 66.7 Å². The van der Waals surface area contributed by atoms with Gasteiger partial charge in [0.25, 0.3) is 0 Å². The van der Waals surface area contributed by atoms with Gasteiger partial charge in [0.2, 0.25) is 0 Å². The fourth-order valence-electron chi connectivity index (χ4n) is 2.71. The van der Waals surface area contributed by atoms with E-state index < -0.39 is 12.7 Å². The Morgan fingerprint density at radius 1 is 0.552 bits per heavy atom. The molecule has 3 rings (SSSR count). The second kappa shape index (κ2) is 7.69. The topological polar surface area (TPSA) is 18.5 Å². The van der Waals surface area contributed by atoms with Crippen LogP contribution in [0.4, 0.5) is 26.3 Å². The Hall–Kier alpha value is -3.16. The Morgan fingerprint density at radius 2 is 0.966 bits per heavy atom. The molecule has 0 N–H and O–H groups in total. The van der Waals surface area contributed by atoms with Gasteiger partial charge in [-0.1, -0.05) is 36.4 Å². The third-order valence-corrected chi connectivity index (χ3v) is 3.93. The average Bonchev–Trinajstić information content (AvgIpc) is 2.61. The van der Waals surface area contributed by atoms with E-state index in [9.17, 15) is 26.3 Å². The fraction of sp³-hybridized carbons (Fsp3) is 0.0952. The summed E-state index contributed by atoms with van der Waals surface area (Å²) >= 11 is 0. The molecule has 2 nitrogen and oxygen atoms in total. The predicted octanol–water partition coefficient (Wildman–Crippen LogP) is 7.00. The molecule has 0 aromatic heterocycles. The number of ether oxygens (including phenoxy) is 2. The summed E-state index contributed by atoms with van der Waals surface area (Å²) in [4.78, 5) is 0. The van der Waals surface area contributed by atoms with Gasteiger partial charge in [-0.05, 0) is 65.1 Å². The summed E-state index contributed by atoms with van der Waals surface area (Å²) in [6, 6.07) is 15.9. The predicted molar refractivity (Wildman–Crippen MR) is 95.1 cm³/mol. The maximum atomic E-state index is 12.3. The maximum absolute atomic E-state index is 12.3. The molecule has 0 bridgehead atoms. The van der Waals surface area contributed by atoms with E-state index in [0.717, 1.165) is 0 Å². The first-order chi connectivity index (χ1) is 13.5. The van der Waals surface area contributed by atoms with E-state index in [1.165, 1.54) is 48.5 Å². The molecule has 0 aliphatic heterocycles. The monoisotopic (exact) mass is 411 g/mol. The summed E-state index contributed by atoms with van der Waals surface area (Å²) in [5.41, 5.74) is 3.25. The minimum atomic E-state index is -4.78. The summed E-state index contributed by atoms with van der Waals surface area (Å²) in [5, 5.41) is 0. The van der Waals surface area contributed by atoms with E-state index in [0.29, 0.717) is 27.8 Å². The first kappa shape index (κ1) is 20.6. The van der Waals surface area contributed by atoms with Crippen LogP contribution >= 0.6 is 0 Å². The molecule has 0 aliphatic carbocycles. The quantitative estimate of drug-likeness (QED) is 0.431. The summed E-state index contributed by atoms with van der Waals surface area (Å²) < 4.78 is 81.4. The van der Waals surface area contributed by atoms with Gasteiger partial charge >= 0.3 is 12.7 Å². The summed E-state index contributed by atoms with van der Waals surface area (Å²) in [5.74, 6) is -0.682. The van der Waals surface area contributed by atoms with Crippen molar-refractivity contribution in [3.63, 3.8) is 0 Å². The molecule has 1 radical (unpaired) electrons. The summed E-state index contributed by atoms with van der Waals surface area (Å²) in [6.45, 7) is 3.91. The fourth-order valence-corrected chi connectivity index (χ4v) is 2.71. The molecule has 29 heavy (non-hydrogen) atoms. The molecule has 8 heteroatoms. The van der Waals surface area contributed by atoms with Crippen molar-refractivity contribution in [2.24, 2.45) is 0 Å². The second-order valence-corrected chi connectivity index (χ2v) is 6.02. The van der Waals surface area contributed by atoms with E-state index in [1.807, 2.05) is 0 Å². The molecule has 0 unspecified atom stereocenters. The van der Waals surface area contributed by atoms with Gasteiger partial charge in [-0.15, -0.1) is 26.3 Å². The number of halogens is 6. The smallest absolute Gasteiger partial charge is 0.406 e. The SMILES string of the molecule is [CH2]c1ccc(-c2ccc(OC(F)(F)F)cc2)cc1-c1ccc(OC(F)(F)F)cc1. The summed E-state index contributed by atoms with van der Waals surface area (Å²) in [7, 11) is 0. The average molecular weight is 411 g/mol. The van der Waals surface area contributed by atoms with Crippen LogP contribution in [-0.2, 0) is 0 Å². The third kappa shape index (κ3) is 5.66. The van der Waals surface area contributed by atoms with E-state index in [2.05, 4.69) is 16.4 Å². The molecule has 0 amide bonds. The van der Waals surface area contributed by atoms with Crippen LogP contribution in [0.25, 0.3) is 22.3 Å². The Labute approximate surface area is 162 Å². The number of hydrogen-bond donors (Lipinski definition) is 0. The van der Waals surface area contributed by atoms with Crippen molar-refractivity contribution in [3.8, 4) is 33.8 Å². The minimum Gasteiger partial charge on any atom is -0.406 e. The van der Waals surface area contributed by atoms with Crippen LogP contribution in [0.5, 0.6) is 11.5 Å². The van der Waals surface area contributed by atoms with Crippen molar-refractivity contribution in [2.45, 2.75) is 12.7 Å². The molecule has 0 atom stereocenters. The van der Waals surface area contributed by atoms with Gasteiger partial charge in [0.1, 0.15) is 11.5 Å². The number of benzene rings is 3. The van der Waals surface area contributed by atoms with E-state index >= 15 is 0 Å². The van der Waals surface area contributed by atoms with Crippen molar-refractivity contribution >= 4 is 0 Å². The van der Waals surface area contributed by atoms with E-state index in [4.69, 9.17) is 0 Å². The molecule has 0 spiro atoms. The molecule has 0 saturated heterocycles. The van der Waals surface area contributed by atoms with Crippen LogP contribution in [0, 0.1) is 6.92 Å². The lowest BCUT2D eigenvalue weighted by molar-refractivity contribution is -0.275. The number of rotatable bonds is 4. The van der Waals surface area contributed by atoms with Crippen LogP contribution in [0.3, 0.4) is 0 Å². The summed E-state index contributed by atoms with van der Waals surface area (Å²) in [6.07, 6.45) is -9.55. The van der Waals surface area contributed by atoms with Crippen molar-refractivity contribution < 1.29 is 35.8 Å². The molecular formula is C21H13F6O2. The molecule has 3 aromatic rings. The molecule has 0 fully saturated rings. The Bertz CT molecular complexity index is 974. The largest absolute Gasteiger partial charge is 0.573 e. The Balaban J connectivity index is 1.87. The van der Waals surface area contributed by atoms with Gasteiger partial charge in [0.05, 0.1) is 0 Å². The molecular weight excluding hydrogens is 398 g/mol. The normalized spacial score (nSPS) is 12.0. The minimum absolute atomic E-state index is 0.337. The van der Waals surface area contributed by atoms with Gasteiger partial charge in [0.15, 0.2) is 0 Å². The molecule has 0 saturated carbocycles. The van der Waals surface area contributed by atoms with Gasteiger partial charge in [-0.25, -0.2) is 0 Å². The zero-order valence-electron chi connectivity index (χ0n) is 14.6. The standard InChI is InChI=1S/C21H13F6O2/c1-13-2-3-16(14-4-8-17(9-5-14)28-20(22,23)24)12-19(13)15-6-10-18(11-7-15)29-21(25,26)27/h2-12H,1H2. The first-order valence-electron chi connectivity index (χ1n) is 8.18. The van der Waals surface area contributed by atoms with Crippen LogP contribution in [-0.4, -0.2) is 12.7 Å². The highest BCUT2D eigenvalue weighted by molar-refractivity contribution is 5.76. The molecule has 0 aliphatic rings. The van der Waals surface area contributed by atoms with Crippen LogP contribution < -0.4 is 9.47 Å². The van der Waals surface area contributed by atoms with E-state index in [1.54, 1.807) is 18.2 Å². The first-order valence-corrected chi connectivity index (χ1v) is 8.18. The third-order valence-electron chi connectivity index (χ3n) is 3.93. The zero-order valence-corrected chi connectivity index (χ0v) is 14.6. The van der Waals surface area contributed by atoms with Crippen LogP contribution in [0.1, 0.15) is 5.56 Å². The van der Waals surface area contributed by atoms with Gasteiger partial charge in [0, 0.05) is 0 Å². The maximum Gasteiger partial charge on any atom is 0.573 e. The van der Waals surface area contributed by atoms with E-state index in [-0.39, 0.29) is 11.5 Å². The lowest BCUT2D eigenvalue weighted by Crippen LogP contribution is -2.16.